The summed E-state index contributed by atoms with van der Waals surface area (Å²) in [5.41, 5.74) is 2.75. The summed E-state index contributed by atoms with van der Waals surface area (Å²) in [5, 5.41) is 13.2. The Morgan fingerprint density at radius 2 is 1.90 bits per heavy atom. The van der Waals surface area contributed by atoms with Gasteiger partial charge in [-0.15, -0.1) is 11.3 Å². The summed E-state index contributed by atoms with van der Waals surface area (Å²) in [4.78, 5) is 26.0. The van der Waals surface area contributed by atoms with Gasteiger partial charge in [-0.05, 0) is 36.2 Å². The van der Waals surface area contributed by atoms with Gasteiger partial charge in [0.15, 0.2) is 5.82 Å². The molecule has 0 saturated carbocycles. The van der Waals surface area contributed by atoms with Crippen LogP contribution in [0.25, 0.3) is 10.2 Å². The molecule has 0 saturated heterocycles. The maximum atomic E-state index is 13.3. The molecule has 3 N–H and O–H groups in total. The zero-order valence-corrected chi connectivity index (χ0v) is 17.0. The van der Waals surface area contributed by atoms with Crippen molar-refractivity contribution in [2.24, 2.45) is 0 Å². The van der Waals surface area contributed by atoms with Crippen LogP contribution >= 0.6 is 11.3 Å². The topological polar surface area (TPSA) is 86.9 Å². The van der Waals surface area contributed by atoms with E-state index in [-0.39, 0.29) is 24.1 Å². The Hall–Kier alpha value is -3.52. The number of aromatic amines is 1. The molecule has 0 aliphatic heterocycles. The first-order valence-electron chi connectivity index (χ1n) is 9.34. The van der Waals surface area contributed by atoms with Crippen LogP contribution in [0.2, 0.25) is 0 Å². The number of carbonyl (C=O) groups is 2. The number of aryl methyl sites for hydroxylation is 1. The second kappa shape index (κ2) is 8.46. The van der Waals surface area contributed by atoms with Gasteiger partial charge in [-0.2, -0.15) is 5.10 Å². The van der Waals surface area contributed by atoms with Crippen molar-refractivity contribution in [3.05, 3.63) is 82.0 Å². The van der Waals surface area contributed by atoms with E-state index >= 15 is 0 Å². The second-order valence-electron chi connectivity index (χ2n) is 6.95. The predicted molar refractivity (Wildman–Crippen MR) is 115 cm³/mol. The number of aromatic nitrogens is 2. The van der Waals surface area contributed by atoms with Crippen LogP contribution in [0, 0.1) is 12.7 Å². The van der Waals surface area contributed by atoms with E-state index in [1.54, 1.807) is 18.2 Å². The number of hydrogen-bond donors (Lipinski definition) is 3. The Balaban J connectivity index is 1.42. The van der Waals surface area contributed by atoms with Crippen LogP contribution in [0.15, 0.2) is 54.6 Å². The monoisotopic (exact) mass is 422 g/mol. The number of carbonyl (C=O) groups excluding carboxylic acids is 2. The molecular formula is C22H19FN4O2S. The SMILES string of the molecule is Cc1ccc(CNC(=O)c2cc3c(NC(=O)Cc4cccc(F)c4)n[nH]c3s2)cc1. The summed E-state index contributed by atoms with van der Waals surface area (Å²) in [6.45, 7) is 2.44. The third-order valence-electron chi connectivity index (χ3n) is 4.57. The van der Waals surface area contributed by atoms with Crippen molar-refractivity contribution in [3.8, 4) is 0 Å². The lowest BCUT2D eigenvalue weighted by Gasteiger charge is -2.04. The number of anilines is 1. The Morgan fingerprint density at radius 1 is 1.10 bits per heavy atom. The molecule has 4 aromatic rings. The summed E-state index contributed by atoms with van der Waals surface area (Å²) in [6.07, 6.45) is 0.0279. The summed E-state index contributed by atoms with van der Waals surface area (Å²) in [7, 11) is 0. The van der Waals surface area contributed by atoms with Gasteiger partial charge in [-0.3, -0.25) is 14.7 Å². The normalized spacial score (nSPS) is 10.9. The Kier molecular flexibility index (Phi) is 5.58. The molecule has 0 bridgehead atoms. The van der Waals surface area contributed by atoms with Gasteiger partial charge in [0.1, 0.15) is 10.6 Å². The number of benzene rings is 2. The van der Waals surface area contributed by atoms with Gasteiger partial charge in [0.05, 0.1) is 16.7 Å². The summed E-state index contributed by atoms with van der Waals surface area (Å²) < 4.78 is 13.3. The molecule has 30 heavy (non-hydrogen) atoms. The summed E-state index contributed by atoms with van der Waals surface area (Å²) >= 11 is 1.27. The third-order valence-corrected chi connectivity index (χ3v) is 5.60. The summed E-state index contributed by atoms with van der Waals surface area (Å²) in [6, 6.07) is 15.5. The fraction of sp³-hybridized carbons (Fsp3) is 0.136. The van der Waals surface area contributed by atoms with E-state index < -0.39 is 0 Å². The predicted octanol–water partition coefficient (Wildman–Crippen LogP) is 4.18. The van der Waals surface area contributed by atoms with Crippen molar-refractivity contribution in [3.63, 3.8) is 0 Å². The van der Waals surface area contributed by atoms with Gasteiger partial charge in [0.2, 0.25) is 5.91 Å². The first kappa shape index (κ1) is 19.8. The molecule has 2 heterocycles. The van der Waals surface area contributed by atoms with Crippen LogP contribution < -0.4 is 10.6 Å². The van der Waals surface area contributed by atoms with Crippen LogP contribution in [0.3, 0.4) is 0 Å². The number of rotatable bonds is 6. The highest BCUT2D eigenvalue weighted by atomic mass is 32.1. The largest absolute Gasteiger partial charge is 0.347 e. The molecule has 0 aliphatic rings. The fourth-order valence-electron chi connectivity index (χ4n) is 3.01. The number of H-pyrrole nitrogens is 1. The molecule has 0 radical (unpaired) electrons. The van der Waals surface area contributed by atoms with E-state index in [4.69, 9.17) is 0 Å². The lowest BCUT2D eigenvalue weighted by atomic mass is 10.1. The van der Waals surface area contributed by atoms with Crippen LogP contribution in [0.4, 0.5) is 10.2 Å². The standard InChI is InChI=1S/C22H19FN4O2S/c1-13-5-7-14(8-6-13)12-24-21(29)18-11-17-20(26-27-22(17)30-18)25-19(28)10-15-3-2-4-16(23)9-15/h2-9,11H,10,12H2,1H3,(H,24,29)(H2,25,26,27,28). The molecule has 152 valence electrons. The fourth-order valence-corrected chi connectivity index (χ4v) is 3.93. The maximum absolute atomic E-state index is 13.3. The number of fused-ring (bicyclic) bond motifs is 1. The first-order valence-corrected chi connectivity index (χ1v) is 10.2. The van der Waals surface area contributed by atoms with Crippen LogP contribution in [0.5, 0.6) is 0 Å². The molecule has 2 aromatic heterocycles. The highest BCUT2D eigenvalue weighted by molar-refractivity contribution is 7.20. The zero-order chi connectivity index (χ0) is 21.1. The van der Waals surface area contributed by atoms with Crippen molar-refractivity contribution >= 4 is 39.2 Å². The van der Waals surface area contributed by atoms with Gasteiger partial charge in [-0.1, -0.05) is 42.0 Å². The van der Waals surface area contributed by atoms with E-state index in [9.17, 15) is 14.0 Å². The number of hydrogen-bond acceptors (Lipinski definition) is 4. The van der Waals surface area contributed by atoms with E-state index in [1.165, 1.54) is 23.5 Å². The number of nitrogens with one attached hydrogen (secondary N) is 3. The average molecular weight is 422 g/mol. The van der Waals surface area contributed by atoms with Crippen molar-refractivity contribution in [2.45, 2.75) is 19.9 Å². The average Bonchev–Trinajstić information content (AvgIpc) is 3.29. The molecule has 0 unspecified atom stereocenters. The molecule has 6 nitrogen and oxygen atoms in total. The second-order valence-corrected chi connectivity index (χ2v) is 8.00. The van der Waals surface area contributed by atoms with Crippen LogP contribution in [0.1, 0.15) is 26.4 Å². The van der Waals surface area contributed by atoms with Crippen molar-refractivity contribution < 1.29 is 14.0 Å². The van der Waals surface area contributed by atoms with Gasteiger partial charge in [0, 0.05) is 6.54 Å². The van der Waals surface area contributed by atoms with Gasteiger partial charge < -0.3 is 10.6 Å². The number of amides is 2. The van der Waals surface area contributed by atoms with E-state index in [0.29, 0.717) is 33.0 Å². The molecule has 2 amide bonds. The highest BCUT2D eigenvalue weighted by Gasteiger charge is 2.16. The molecule has 0 aliphatic carbocycles. The van der Waals surface area contributed by atoms with Crippen molar-refractivity contribution in [1.29, 1.82) is 0 Å². The molecule has 2 aromatic carbocycles. The Labute approximate surface area is 176 Å². The van der Waals surface area contributed by atoms with Crippen molar-refractivity contribution in [2.75, 3.05) is 5.32 Å². The minimum absolute atomic E-state index is 0.0279. The molecule has 4 rings (SSSR count). The van der Waals surface area contributed by atoms with E-state index in [2.05, 4.69) is 20.8 Å². The van der Waals surface area contributed by atoms with Crippen LogP contribution in [-0.2, 0) is 17.8 Å². The lowest BCUT2D eigenvalue weighted by Crippen LogP contribution is -2.21. The maximum Gasteiger partial charge on any atom is 0.261 e. The first-order chi connectivity index (χ1) is 14.5. The molecule has 0 fully saturated rings. The quantitative estimate of drug-likeness (QED) is 0.436. The van der Waals surface area contributed by atoms with E-state index in [0.717, 1.165) is 11.1 Å². The van der Waals surface area contributed by atoms with Crippen LogP contribution in [-0.4, -0.2) is 22.0 Å². The summed E-state index contributed by atoms with van der Waals surface area (Å²) in [5.74, 6) is -0.547. The Morgan fingerprint density at radius 3 is 2.67 bits per heavy atom. The highest BCUT2D eigenvalue weighted by Crippen LogP contribution is 2.29. The third kappa shape index (κ3) is 4.55. The van der Waals surface area contributed by atoms with Gasteiger partial charge >= 0.3 is 0 Å². The van der Waals surface area contributed by atoms with Gasteiger partial charge in [-0.25, -0.2) is 4.39 Å². The molecule has 8 heteroatoms. The lowest BCUT2D eigenvalue weighted by molar-refractivity contribution is -0.115. The molecule has 0 atom stereocenters. The minimum Gasteiger partial charge on any atom is -0.347 e. The Bertz CT molecular complexity index is 1210. The number of nitrogens with zero attached hydrogens (tertiary/aromatic N) is 1. The number of halogens is 1. The minimum atomic E-state index is -0.387. The zero-order valence-electron chi connectivity index (χ0n) is 16.2. The molecule has 0 spiro atoms. The number of thiophene rings is 1. The van der Waals surface area contributed by atoms with Crippen molar-refractivity contribution in [1.82, 2.24) is 15.5 Å². The molecular weight excluding hydrogens is 403 g/mol. The van der Waals surface area contributed by atoms with E-state index in [1.807, 2.05) is 31.2 Å². The van der Waals surface area contributed by atoms with Gasteiger partial charge in [0.25, 0.3) is 5.91 Å². The smallest absolute Gasteiger partial charge is 0.261 e.